The SMILES string of the molecule is CCOC(Br)=CC=O. The largest absolute Gasteiger partial charge is 0.487 e. The van der Waals surface area contributed by atoms with Crippen LogP contribution in [-0.4, -0.2) is 12.9 Å². The molecule has 0 spiro atoms. The molecule has 8 heavy (non-hydrogen) atoms. The van der Waals surface area contributed by atoms with Gasteiger partial charge in [0.15, 0.2) is 4.67 Å². The Hall–Kier alpha value is -0.310. The standard InChI is InChI=1S/C5H7BrO2/c1-2-8-5(6)3-4-7/h3-4H,2H2,1H3. The Morgan fingerprint density at radius 3 is 2.88 bits per heavy atom. The summed E-state index contributed by atoms with van der Waals surface area (Å²) >= 11 is 3.01. The quantitative estimate of drug-likeness (QED) is 0.372. The van der Waals surface area contributed by atoms with Gasteiger partial charge in [0.2, 0.25) is 0 Å². The van der Waals surface area contributed by atoms with Gasteiger partial charge in [-0.15, -0.1) is 0 Å². The summed E-state index contributed by atoms with van der Waals surface area (Å²) in [5, 5.41) is 0. The minimum absolute atomic E-state index is 0.481. The maximum absolute atomic E-state index is 9.70. The van der Waals surface area contributed by atoms with Crippen LogP contribution in [-0.2, 0) is 9.53 Å². The number of allylic oxidation sites excluding steroid dienone is 1. The van der Waals surface area contributed by atoms with E-state index >= 15 is 0 Å². The van der Waals surface area contributed by atoms with Gasteiger partial charge in [0.1, 0.15) is 6.29 Å². The van der Waals surface area contributed by atoms with E-state index < -0.39 is 0 Å². The van der Waals surface area contributed by atoms with Crippen molar-refractivity contribution >= 4 is 22.2 Å². The second-order valence-electron chi connectivity index (χ2n) is 1.04. The number of hydrogen-bond acceptors (Lipinski definition) is 2. The van der Waals surface area contributed by atoms with Crippen LogP contribution >= 0.6 is 15.9 Å². The van der Waals surface area contributed by atoms with E-state index in [-0.39, 0.29) is 0 Å². The fourth-order valence-corrected chi connectivity index (χ4v) is 0.576. The van der Waals surface area contributed by atoms with Crippen molar-refractivity contribution in [3.63, 3.8) is 0 Å². The van der Waals surface area contributed by atoms with E-state index in [1.54, 1.807) is 0 Å². The first-order valence-electron chi connectivity index (χ1n) is 2.25. The lowest BCUT2D eigenvalue weighted by molar-refractivity contribution is -0.104. The van der Waals surface area contributed by atoms with Crippen LogP contribution in [0.5, 0.6) is 0 Å². The molecule has 0 bridgehead atoms. The molecule has 0 aliphatic carbocycles. The Kier molecular flexibility index (Phi) is 4.65. The van der Waals surface area contributed by atoms with Gasteiger partial charge >= 0.3 is 0 Å². The zero-order valence-electron chi connectivity index (χ0n) is 4.56. The van der Waals surface area contributed by atoms with E-state index in [1.807, 2.05) is 6.92 Å². The van der Waals surface area contributed by atoms with Gasteiger partial charge in [-0.2, -0.15) is 0 Å². The van der Waals surface area contributed by atoms with Crippen LogP contribution in [0.25, 0.3) is 0 Å². The zero-order chi connectivity index (χ0) is 6.41. The summed E-state index contributed by atoms with van der Waals surface area (Å²) in [6.45, 7) is 2.42. The van der Waals surface area contributed by atoms with Crippen molar-refractivity contribution in [3.8, 4) is 0 Å². The van der Waals surface area contributed by atoms with Crippen LogP contribution in [0.15, 0.2) is 10.7 Å². The summed E-state index contributed by atoms with van der Waals surface area (Å²) < 4.78 is 5.31. The third-order valence-electron chi connectivity index (χ3n) is 0.481. The predicted octanol–water partition coefficient (Wildman–Crippen LogP) is 1.46. The first kappa shape index (κ1) is 7.69. The van der Waals surface area contributed by atoms with Gasteiger partial charge in [-0.1, -0.05) is 0 Å². The van der Waals surface area contributed by atoms with Crippen LogP contribution in [0.2, 0.25) is 0 Å². The lowest BCUT2D eigenvalue weighted by atomic mass is 10.7. The average molecular weight is 179 g/mol. The van der Waals surface area contributed by atoms with Crippen molar-refractivity contribution in [2.45, 2.75) is 6.92 Å². The highest BCUT2D eigenvalue weighted by molar-refractivity contribution is 9.11. The number of hydrogen-bond donors (Lipinski definition) is 0. The molecule has 46 valence electrons. The van der Waals surface area contributed by atoms with Gasteiger partial charge in [0, 0.05) is 6.08 Å². The lowest BCUT2D eigenvalue weighted by Gasteiger charge is -1.95. The first-order chi connectivity index (χ1) is 3.81. The van der Waals surface area contributed by atoms with Crippen LogP contribution in [0, 0.1) is 0 Å². The predicted molar refractivity (Wildman–Crippen MR) is 34.7 cm³/mol. The van der Waals surface area contributed by atoms with Crippen molar-refractivity contribution in [2.75, 3.05) is 6.61 Å². The fourth-order valence-electron chi connectivity index (χ4n) is 0.239. The van der Waals surface area contributed by atoms with Crippen molar-refractivity contribution in [2.24, 2.45) is 0 Å². The average Bonchev–Trinajstić information content (AvgIpc) is 1.68. The van der Waals surface area contributed by atoms with Crippen LogP contribution in [0.1, 0.15) is 6.92 Å². The molecule has 0 aliphatic rings. The van der Waals surface area contributed by atoms with Crippen molar-refractivity contribution in [1.29, 1.82) is 0 Å². The van der Waals surface area contributed by atoms with E-state index in [4.69, 9.17) is 4.74 Å². The number of aldehydes is 1. The molecule has 0 amide bonds. The maximum Gasteiger partial charge on any atom is 0.165 e. The van der Waals surface area contributed by atoms with Crippen LogP contribution < -0.4 is 0 Å². The van der Waals surface area contributed by atoms with Gasteiger partial charge in [0.05, 0.1) is 6.61 Å². The highest BCUT2D eigenvalue weighted by Gasteiger charge is 1.83. The Morgan fingerprint density at radius 2 is 2.50 bits per heavy atom. The molecule has 0 N–H and O–H groups in total. The molecular formula is C5H7BrO2. The highest BCUT2D eigenvalue weighted by Crippen LogP contribution is 2.03. The molecule has 0 atom stereocenters. The van der Waals surface area contributed by atoms with Gasteiger partial charge in [-0.05, 0) is 22.9 Å². The fraction of sp³-hybridized carbons (Fsp3) is 0.400. The van der Waals surface area contributed by atoms with E-state index in [0.29, 0.717) is 17.6 Å². The van der Waals surface area contributed by atoms with E-state index in [1.165, 1.54) is 6.08 Å². The third kappa shape index (κ3) is 3.87. The molecule has 0 aliphatic heterocycles. The van der Waals surface area contributed by atoms with Crippen LogP contribution in [0.3, 0.4) is 0 Å². The van der Waals surface area contributed by atoms with E-state index in [9.17, 15) is 4.79 Å². The minimum Gasteiger partial charge on any atom is -0.487 e. The molecule has 0 aromatic heterocycles. The number of halogens is 1. The Balaban J connectivity index is 3.44. The topological polar surface area (TPSA) is 26.3 Å². The molecule has 0 fully saturated rings. The van der Waals surface area contributed by atoms with E-state index in [0.717, 1.165) is 0 Å². The van der Waals surface area contributed by atoms with E-state index in [2.05, 4.69) is 15.9 Å². The summed E-state index contributed by atoms with van der Waals surface area (Å²) in [7, 11) is 0. The Labute approximate surface area is 56.7 Å². The van der Waals surface area contributed by atoms with Gasteiger partial charge in [-0.25, -0.2) is 0 Å². The monoisotopic (exact) mass is 178 g/mol. The number of ether oxygens (including phenoxy) is 1. The summed E-state index contributed by atoms with van der Waals surface area (Å²) in [6.07, 6.45) is 1.98. The summed E-state index contributed by atoms with van der Waals surface area (Å²) in [5.41, 5.74) is 0. The van der Waals surface area contributed by atoms with Gasteiger partial charge < -0.3 is 4.74 Å². The van der Waals surface area contributed by atoms with Crippen molar-refractivity contribution < 1.29 is 9.53 Å². The maximum atomic E-state index is 9.70. The third-order valence-corrected chi connectivity index (χ3v) is 0.975. The smallest absolute Gasteiger partial charge is 0.165 e. The molecule has 0 aromatic carbocycles. The molecule has 0 radical (unpaired) electrons. The molecule has 0 saturated carbocycles. The zero-order valence-corrected chi connectivity index (χ0v) is 6.14. The summed E-state index contributed by atoms with van der Waals surface area (Å²) in [5.74, 6) is 0. The second-order valence-corrected chi connectivity index (χ2v) is 1.82. The first-order valence-corrected chi connectivity index (χ1v) is 3.04. The molecular weight excluding hydrogens is 172 g/mol. The molecule has 0 rings (SSSR count). The second kappa shape index (κ2) is 4.84. The lowest BCUT2D eigenvalue weighted by Crippen LogP contribution is -1.82. The number of carbonyl (C=O) groups is 1. The molecule has 0 aromatic rings. The molecule has 0 saturated heterocycles. The van der Waals surface area contributed by atoms with Crippen molar-refractivity contribution in [3.05, 3.63) is 10.7 Å². The normalized spacial score (nSPS) is 11.0. The highest BCUT2D eigenvalue weighted by atomic mass is 79.9. The summed E-state index contributed by atoms with van der Waals surface area (Å²) in [6, 6.07) is 0. The van der Waals surface area contributed by atoms with Crippen LogP contribution in [0.4, 0.5) is 0 Å². The number of rotatable bonds is 3. The Bertz CT molecular complexity index is 98.6. The Morgan fingerprint density at radius 1 is 1.88 bits per heavy atom. The molecule has 2 nitrogen and oxygen atoms in total. The summed E-state index contributed by atoms with van der Waals surface area (Å²) in [4.78, 5) is 9.70. The van der Waals surface area contributed by atoms with Crippen molar-refractivity contribution in [1.82, 2.24) is 0 Å². The van der Waals surface area contributed by atoms with Gasteiger partial charge in [0.25, 0.3) is 0 Å². The van der Waals surface area contributed by atoms with Gasteiger partial charge in [-0.3, -0.25) is 4.79 Å². The molecule has 3 heteroatoms. The molecule has 0 unspecified atom stereocenters. The minimum atomic E-state index is 0.481. The molecule has 0 heterocycles. The number of carbonyl (C=O) groups excluding carboxylic acids is 1.